The van der Waals surface area contributed by atoms with E-state index in [4.69, 9.17) is 5.26 Å². The molecule has 0 saturated carbocycles. The minimum atomic E-state index is 0.0689. The number of anilines is 1. The molecular formula is C29H37N5O. The van der Waals surface area contributed by atoms with Crippen LogP contribution < -0.4 is 4.90 Å². The quantitative estimate of drug-likeness (QED) is 0.372. The second-order valence-electron chi connectivity index (χ2n) is 9.38. The van der Waals surface area contributed by atoms with Gasteiger partial charge >= 0.3 is 0 Å². The number of nitrogens with zero attached hydrogens (tertiary/aromatic N) is 5. The third-order valence-electron chi connectivity index (χ3n) is 6.80. The highest BCUT2D eigenvalue weighted by Crippen LogP contribution is 2.25. The number of rotatable bonds is 11. The Morgan fingerprint density at radius 2 is 1.91 bits per heavy atom. The minimum Gasteiger partial charge on any atom is -0.329 e. The summed E-state index contributed by atoms with van der Waals surface area (Å²) in [6, 6.07) is 16.2. The highest BCUT2D eigenvalue weighted by atomic mass is 16.2. The van der Waals surface area contributed by atoms with Gasteiger partial charge in [-0.05, 0) is 62.2 Å². The average Bonchev–Trinajstić information content (AvgIpc) is 3.27. The van der Waals surface area contributed by atoms with Gasteiger partial charge in [-0.2, -0.15) is 5.26 Å². The standard InChI is InChI=1S/C29H37N5O/c1-6-7-10-27(20-34(24(4)35)29-11-8-9-22(2)23(29)3)32(5)19-28-17-31-21-33(28)18-26-14-12-25(16-30)13-15-26/h8-9,11-15,17,21,27H,6-7,10,18-20H2,1-5H3. The minimum absolute atomic E-state index is 0.0689. The number of imidazole rings is 1. The predicted octanol–water partition coefficient (Wildman–Crippen LogP) is 5.46. The van der Waals surface area contributed by atoms with Crippen molar-refractivity contribution in [3.8, 4) is 6.07 Å². The van der Waals surface area contributed by atoms with E-state index in [0.29, 0.717) is 18.7 Å². The summed E-state index contributed by atoms with van der Waals surface area (Å²) in [5, 5.41) is 9.04. The molecule has 0 aliphatic rings. The van der Waals surface area contributed by atoms with Crippen LogP contribution in [0.2, 0.25) is 0 Å². The molecule has 0 radical (unpaired) electrons. The van der Waals surface area contributed by atoms with Gasteiger partial charge in [0.2, 0.25) is 5.91 Å². The molecule has 1 atom stereocenters. The molecule has 2 aromatic carbocycles. The van der Waals surface area contributed by atoms with Crippen molar-refractivity contribution in [2.24, 2.45) is 0 Å². The molecular weight excluding hydrogens is 434 g/mol. The van der Waals surface area contributed by atoms with Crippen LogP contribution in [0.25, 0.3) is 0 Å². The summed E-state index contributed by atoms with van der Waals surface area (Å²) in [6.07, 6.45) is 7.03. The molecule has 1 aromatic heterocycles. The summed E-state index contributed by atoms with van der Waals surface area (Å²) in [4.78, 5) is 21.4. The number of unbranched alkanes of at least 4 members (excludes halogenated alkanes) is 1. The number of aryl methyl sites for hydroxylation is 1. The number of hydrogen-bond donors (Lipinski definition) is 0. The molecule has 0 N–H and O–H groups in total. The van der Waals surface area contributed by atoms with Gasteiger partial charge in [0.25, 0.3) is 0 Å². The van der Waals surface area contributed by atoms with Crippen LogP contribution in [0.4, 0.5) is 5.69 Å². The van der Waals surface area contributed by atoms with Crippen molar-refractivity contribution >= 4 is 11.6 Å². The Bertz CT molecular complexity index is 1160. The Morgan fingerprint density at radius 1 is 1.17 bits per heavy atom. The van der Waals surface area contributed by atoms with Crippen LogP contribution in [0, 0.1) is 25.2 Å². The lowest BCUT2D eigenvalue weighted by Crippen LogP contribution is -2.44. The highest BCUT2D eigenvalue weighted by molar-refractivity contribution is 5.92. The lowest BCUT2D eigenvalue weighted by Gasteiger charge is -2.34. The fourth-order valence-corrected chi connectivity index (χ4v) is 4.41. The smallest absolute Gasteiger partial charge is 0.223 e. The largest absolute Gasteiger partial charge is 0.329 e. The third-order valence-corrected chi connectivity index (χ3v) is 6.80. The van der Waals surface area contributed by atoms with E-state index in [1.807, 2.05) is 53.8 Å². The second-order valence-corrected chi connectivity index (χ2v) is 9.38. The molecule has 1 heterocycles. The summed E-state index contributed by atoms with van der Waals surface area (Å²) in [5.74, 6) is 0.0689. The van der Waals surface area contributed by atoms with Gasteiger partial charge in [-0.25, -0.2) is 4.98 Å². The number of nitriles is 1. The fraction of sp³-hybridized carbons (Fsp3) is 0.414. The maximum atomic E-state index is 12.7. The van der Waals surface area contributed by atoms with Gasteiger partial charge in [0.1, 0.15) is 0 Å². The number of carbonyl (C=O) groups is 1. The number of benzene rings is 2. The molecule has 35 heavy (non-hydrogen) atoms. The van der Waals surface area contributed by atoms with Crippen molar-refractivity contribution in [1.29, 1.82) is 5.26 Å². The molecule has 1 amide bonds. The van der Waals surface area contributed by atoms with Crippen molar-refractivity contribution in [3.05, 3.63) is 82.9 Å². The molecule has 0 saturated heterocycles. The molecule has 0 fully saturated rings. The Morgan fingerprint density at radius 3 is 2.57 bits per heavy atom. The Balaban J connectivity index is 1.78. The summed E-state index contributed by atoms with van der Waals surface area (Å²) < 4.78 is 2.15. The predicted molar refractivity (Wildman–Crippen MR) is 141 cm³/mol. The first-order valence-corrected chi connectivity index (χ1v) is 12.4. The number of carbonyl (C=O) groups excluding carboxylic acids is 1. The summed E-state index contributed by atoms with van der Waals surface area (Å²) >= 11 is 0. The lowest BCUT2D eigenvalue weighted by atomic mass is 10.0. The van der Waals surface area contributed by atoms with E-state index >= 15 is 0 Å². The molecule has 1 unspecified atom stereocenters. The number of amides is 1. The zero-order chi connectivity index (χ0) is 25.4. The second kappa shape index (κ2) is 12.3. The van der Waals surface area contributed by atoms with Gasteiger partial charge in [0.15, 0.2) is 0 Å². The monoisotopic (exact) mass is 471 g/mol. The van der Waals surface area contributed by atoms with E-state index < -0.39 is 0 Å². The van der Waals surface area contributed by atoms with Gasteiger partial charge in [0, 0.05) is 44.5 Å². The zero-order valence-electron chi connectivity index (χ0n) is 21.7. The first-order chi connectivity index (χ1) is 16.8. The summed E-state index contributed by atoms with van der Waals surface area (Å²) in [7, 11) is 2.14. The van der Waals surface area contributed by atoms with Gasteiger partial charge in [-0.15, -0.1) is 0 Å². The third kappa shape index (κ3) is 6.80. The molecule has 3 aromatic rings. The van der Waals surface area contributed by atoms with E-state index in [1.54, 1.807) is 6.92 Å². The summed E-state index contributed by atoms with van der Waals surface area (Å²) in [6.45, 7) is 10.1. The van der Waals surface area contributed by atoms with E-state index in [2.05, 4.69) is 54.4 Å². The summed E-state index contributed by atoms with van der Waals surface area (Å²) in [5.41, 5.74) is 6.26. The first kappa shape index (κ1) is 26.2. The van der Waals surface area contributed by atoms with Gasteiger partial charge in [0.05, 0.1) is 23.7 Å². The van der Waals surface area contributed by atoms with Crippen LogP contribution in [0.1, 0.15) is 61.1 Å². The van der Waals surface area contributed by atoms with Gasteiger partial charge in [-0.1, -0.05) is 44.0 Å². The average molecular weight is 472 g/mol. The fourth-order valence-electron chi connectivity index (χ4n) is 4.41. The van der Waals surface area contributed by atoms with E-state index in [-0.39, 0.29) is 11.9 Å². The molecule has 6 heteroatoms. The Hall–Kier alpha value is -3.43. The molecule has 3 rings (SSSR count). The van der Waals surface area contributed by atoms with Crippen molar-refractivity contribution in [2.45, 2.75) is 66.1 Å². The van der Waals surface area contributed by atoms with Crippen LogP contribution in [-0.2, 0) is 17.9 Å². The van der Waals surface area contributed by atoms with Crippen LogP contribution in [-0.4, -0.2) is 40.0 Å². The van der Waals surface area contributed by atoms with Crippen LogP contribution in [0.5, 0.6) is 0 Å². The zero-order valence-corrected chi connectivity index (χ0v) is 21.7. The highest BCUT2D eigenvalue weighted by Gasteiger charge is 2.23. The van der Waals surface area contributed by atoms with E-state index in [1.165, 1.54) is 5.56 Å². The molecule has 0 aliphatic heterocycles. The maximum Gasteiger partial charge on any atom is 0.223 e. The Kier molecular flexibility index (Phi) is 9.22. The normalized spacial score (nSPS) is 11.9. The van der Waals surface area contributed by atoms with E-state index in [9.17, 15) is 4.79 Å². The van der Waals surface area contributed by atoms with Gasteiger partial charge in [-0.3, -0.25) is 9.69 Å². The number of aromatic nitrogens is 2. The lowest BCUT2D eigenvalue weighted by molar-refractivity contribution is -0.116. The number of hydrogen-bond acceptors (Lipinski definition) is 4. The topological polar surface area (TPSA) is 65.2 Å². The molecule has 184 valence electrons. The molecule has 0 aliphatic carbocycles. The SMILES string of the molecule is CCCCC(CN(C(C)=O)c1cccc(C)c1C)N(C)Cc1cncn1Cc1ccc(C#N)cc1. The van der Waals surface area contributed by atoms with E-state index in [0.717, 1.165) is 48.3 Å². The van der Waals surface area contributed by atoms with Crippen molar-refractivity contribution < 1.29 is 4.79 Å². The first-order valence-electron chi connectivity index (χ1n) is 12.4. The number of likely N-dealkylation sites (N-methyl/N-ethyl adjacent to an activating group) is 1. The molecule has 0 spiro atoms. The van der Waals surface area contributed by atoms with Crippen LogP contribution in [0.3, 0.4) is 0 Å². The van der Waals surface area contributed by atoms with Crippen molar-refractivity contribution in [1.82, 2.24) is 14.5 Å². The molecule has 0 bridgehead atoms. The van der Waals surface area contributed by atoms with Crippen LogP contribution >= 0.6 is 0 Å². The Labute approximate surface area is 209 Å². The van der Waals surface area contributed by atoms with Crippen molar-refractivity contribution in [3.63, 3.8) is 0 Å². The van der Waals surface area contributed by atoms with Crippen molar-refractivity contribution in [2.75, 3.05) is 18.5 Å². The van der Waals surface area contributed by atoms with Crippen LogP contribution in [0.15, 0.2) is 55.0 Å². The molecule has 6 nitrogen and oxygen atoms in total. The van der Waals surface area contributed by atoms with Gasteiger partial charge < -0.3 is 9.47 Å². The maximum absolute atomic E-state index is 12.7.